The van der Waals surface area contributed by atoms with Crippen molar-refractivity contribution in [2.75, 3.05) is 5.32 Å². The normalized spacial score (nSPS) is 11.5. The first kappa shape index (κ1) is 29.1. The third-order valence-electron chi connectivity index (χ3n) is 6.62. The number of benzene rings is 1. The molecule has 0 amide bonds. The molecule has 0 saturated heterocycles. The Labute approximate surface area is 256 Å². The molecule has 0 fully saturated rings. The summed E-state index contributed by atoms with van der Waals surface area (Å²) >= 11 is 7.36. The highest BCUT2D eigenvalue weighted by Gasteiger charge is 2.36. The molecule has 0 aliphatic heterocycles. The van der Waals surface area contributed by atoms with Crippen LogP contribution in [0.25, 0.3) is 22.5 Å². The van der Waals surface area contributed by atoms with Gasteiger partial charge in [-0.25, -0.2) is 4.98 Å². The van der Waals surface area contributed by atoms with E-state index in [2.05, 4.69) is 20.4 Å². The number of rotatable bonds is 8. The van der Waals surface area contributed by atoms with Gasteiger partial charge in [0.15, 0.2) is 0 Å². The van der Waals surface area contributed by atoms with E-state index in [0.29, 0.717) is 15.5 Å². The zero-order valence-electron chi connectivity index (χ0n) is 22.5. The maximum Gasteiger partial charge on any atom is 0.417 e. The number of hydrogen-bond donors (Lipinski definition) is 1. The first-order valence-corrected chi connectivity index (χ1v) is 14.2. The number of carbonyl (C=O) groups excluding carboxylic acids is 1. The SMILES string of the molecule is O=C(c1ccccc1C(F)(F)F)n1nc(-c2ccc(-c3cccnc3)c(=O)n2Cc2ncco2)cc1NCc1ccc(Cl)s1. The molecular formula is C30H20ClF3N6O3S. The van der Waals surface area contributed by atoms with Crippen LogP contribution in [-0.4, -0.2) is 30.2 Å². The summed E-state index contributed by atoms with van der Waals surface area (Å²) in [5.41, 5.74) is -0.752. The van der Waals surface area contributed by atoms with E-state index in [0.717, 1.165) is 21.7 Å². The summed E-state index contributed by atoms with van der Waals surface area (Å²) in [5.74, 6) is -0.665. The van der Waals surface area contributed by atoms with Crippen LogP contribution in [0.2, 0.25) is 4.34 Å². The fourth-order valence-corrected chi connectivity index (χ4v) is 5.64. The van der Waals surface area contributed by atoms with Crippen LogP contribution in [0.3, 0.4) is 0 Å². The molecule has 1 aromatic carbocycles. The molecule has 0 saturated carbocycles. The van der Waals surface area contributed by atoms with Gasteiger partial charge in [0.05, 0.1) is 33.9 Å². The van der Waals surface area contributed by atoms with Crippen molar-refractivity contribution >= 4 is 34.7 Å². The molecule has 0 spiro atoms. The predicted molar refractivity (Wildman–Crippen MR) is 159 cm³/mol. The van der Waals surface area contributed by atoms with Crippen LogP contribution >= 0.6 is 22.9 Å². The van der Waals surface area contributed by atoms with Crippen molar-refractivity contribution in [3.63, 3.8) is 0 Å². The Bertz CT molecular complexity index is 2000. The Balaban J connectivity index is 1.49. The van der Waals surface area contributed by atoms with Crippen LogP contribution in [-0.2, 0) is 19.3 Å². The number of pyridine rings is 2. The van der Waals surface area contributed by atoms with Gasteiger partial charge in [-0.2, -0.15) is 23.0 Å². The summed E-state index contributed by atoms with van der Waals surface area (Å²) in [7, 11) is 0. The molecule has 44 heavy (non-hydrogen) atoms. The molecule has 0 bridgehead atoms. The van der Waals surface area contributed by atoms with Crippen LogP contribution < -0.4 is 10.9 Å². The van der Waals surface area contributed by atoms with Crippen molar-refractivity contribution in [3.8, 4) is 22.5 Å². The molecule has 6 rings (SSSR count). The number of aromatic nitrogens is 5. The van der Waals surface area contributed by atoms with Gasteiger partial charge in [0.25, 0.3) is 11.5 Å². The van der Waals surface area contributed by atoms with Gasteiger partial charge in [0.1, 0.15) is 24.3 Å². The molecule has 0 unspecified atom stereocenters. The second kappa shape index (κ2) is 11.9. The quantitative estimate of drug-likeness (QED) is 0.195. The Morgan fingerprint density at radius 3 is 2.59 bits per heavy atom. The van der Waals surface area contributed by atoms with Crippen LogP contribution in [0.4, 0.5) is 19.0 Å². The van der Waals surface area contributed by atoms with Gasteiger partial charge in [-0.15, -0.1) is 11.3 Å². The number of nitrogens with one attached hydrogen (secondary N) is 1. The molecule has 1 N–H and O–H groups in total. The number of alkyl halides is 3. The number of oxazole rings is 1. The molecule has 5 heterocycles. The maximum atomic E-state index is 13.9. The van der Waals surface area contributed by atoms with Gasteiger partial charge in [-0.05, 0) is 42.5 Å². The Morgan fingerprint density at radius 2 is 1.89 bits per heavy atom. The molecule has 9 nitrogen and oxygen atoms in total. The molecule has 5 aromatic heterocycles. The second-order valence-corrected chi connectivity index (χ2v) is 11.2. The number of thiophene rings is 1. The minimum absolute atomic E-state index is 0.0799. The van der Waals surface area contributed by atoms with Gasteiger partial charge in [-0.1, -0.05) is 29.8 Å². The summed E-state index contributed by atoms with van der Waals surface area (Å²) in [6.07, 6.45) is 1.17. The third-order valence-corrected chi connectivity index (χ3v) is 7.85. The number of carbonyl (C=O) groups is 1. The lowest BCUT2D eigenvalue weighted by atomic mass is 10.1. The summed E-state index contributed by atoms with van der Waals surface area (Å²) in [5, 5.41) is 7.50. The van der Waals surface area contributed by atoms with Crippen LogP contribution in [0.1, 0.15) is 26.7 Å². The summed E-state index contributed by atoms with van der Waals surface area (Å²) in [4.78, 5) is 36.5. The van der Waals surface area contributed by atoms with E-state index in [9.17, 15) is 22.8 Å². The van der Waals surface area contributed by atoms with E-state index in [1.165, 1.54) is 46.6 Å². The summed E-state index contributed by atoms with van der Waals surface area (Å²) in [6, 6.07) is 16.1. The standard InChI is InChI=1S/C30H20ClF3N6O3S/c31-25-10-7-19(44-25)16-37-26-14-23(38-40(26)29(42)21-5-1-2-6-22(21)30(32,33)34)24-9-8-20(18-4-3-11-35-15-18)28(41)39(24)17-27-36-12-13-43-27/h1-15,37H,16-17H2. The zero-order valence-corrected chi connectivity index (χ0v) is 24.0. The average molecular weight is 637 g/mol. The average Bonchev–Trinajstić information content (AvgIpc) is 3.78. The third kappa shape index (κ3) is 5.92. The lowest BCUT2D eigenvalue weighted by Gasteiger charge is -2.13. The van der Waals surface area contributed by atoms with E-state index in [1.807, 2.05) is 0 Å². The number of nitrogens with zero attached hydrogens (tertiary/aromatic N) is 5. The Morgan fingerprint density at radius 1 is 1.05 bits per heavy atom. The zero-order chi connectivity index (χ0) is 30.8. The van der Waals surface area contributed by atoms with Crippen LogP contribution in [0.5, 0.6) is 0 Å². The monoisotopic (exact) mass is 636 g/mol. The molecule has 222 valence electrons. The number of hydrogen-bond acceptors (Lipinski definition) is 8. The van der Waals surface area contributed by atoms with E-state index in [4.69, 9.17) is 16.0 Å². The first-order chi connectivity index (χ1) is 21.2. The Hall–Kier alpha value is -5.01. The van der Waals surface area contributed by atoms with Crippen LogP contribution in [0, 0.1) is 0 Å². The number of anilines is 1. The highest BCUT2D eigenvalue weighted by Crippen LogP contribution is 2.33. The van der Waals surface area contributed by atoms with Crippen molar-refractivity contribution in [2.24, 2.45) is 0 Å². The molecular weight excluding hydrogens is 617 g/mol. The largest absolute Gasteiger partial charge is 0.447 e. The molecule has 0 aliphatic rings. The van der Waals surface area contributed by atoms with E-state index in [1.54, 1.807) is 48.8 Å². The molecule has 0 atom stereocenters. The van der Waals surface area contributed by atoms with Gasteiger partial charge in [0, 0.05) is 34.5 Å². The fraction of sp³-hybridized carbons (Fsp3) is 0.100. The maximum absolute atomic E-state index is 13.9. The highest BCUT2D eigenvalue weighted by atomic mass is 35.5. The van der Waals surface area contributed by atoms with Crippen molar-refractivity contribution in [2.45, 2.75) is 19.3 Å². The Kier molecular flexibility index (Phi) is 7.89. The number of halogens is 4. The van der Waals surface area contributed by atoms with Crippen molar-refractivity contribution < 1.29 is 22.4 Å². The summed E-state index contributed by atoms with van der Waals surface area (Å²) < 4.78 is 49.8. The lowest BCUT2D eigenvalue weighted by Crippen LogP contribution is -2.24. The van der Waals surface area contributed by atoms with Crippen molar-refractivity contribution in [1.29, 1.82) is 0 Å². The van der Waals surface area contributed by atoms with Gasteiger partial charge in [0.2, 0.25) is 5.89 Å². The van der Waals surface area contributed by atoms with Crippen molar-refractivity contribution in [1.82, 2.24) is 24.3 Å². The molecule has 0 radical (unpaired) electrons. The second-order valence-electron chi connectivity index (χ2n) is 9.43. The minimum atomic E-state index is -4.78. The predicted octanol–water partition coefficient (Wildman–Crippen LogP) is 6.84. The van der Waals surface area contributed by atoms with Crippen molar-refractivity contribution in [3.05, 3.63) is 128 Å². The fourth-order valence-electron chi connectivity index (χ4n) is 4.61. The van der Waals surface area contributed by atoms with Crippen LogP contribution in [0.15, 0.2) is 101 Å². The lowest BCUT2D eigenvalue weighted by molar-refractivity contribution is -0.137. The highest BCUT2D eigenvalue weighted by molar-refractivity contribution is 7.16. The smallest absolute Gasteiger partial charge is 0.417 e. The molecule has 6 aromatic rings. The first-order valence-electron chi connectivity index (χ1n) is 13.0. The topological polar surface area (TPSA) is 108 Å². The molecule has 0 aliphatic carbocycles. The molecule has 14 heteroatoms. The van der Waals surface area contributed by atoms with E-state index < -0.39 is 28.8 Å². The van der Waals surface area contributed by atoms with Gasteiger partial charge < -0.3 is 9.73 Å². The minimum Gasteiger partial charge on any atom is -0.447 e. The van der Waals surface area contributed by atoms with Gasteiger partial charge in [-0.3, -0.25) is 19.1 Å². The summed E-state index contributed by atoms with van der Waals surface area (Å²) in [6.45, 7) is 0.128. The van der Waals surface area contributed by atoms with Gasteiger partial charge >= 0.3 is 6.18 Å². The van der Waals surface area contributed by atoms with E-state index in [-0.39, 0.29) is 36.2 Å². The van der Waals surface area contributed by atoms with E-state index >= 15 is 0 Å².